The predicted molar refractivity (Wildman–Crippen MR) is 96.0 cm³/mol. The fourth-order valence-electron chi connectivity index (χ4n) is 2.80. The number of hydrogen-bond donors (Lipinski definition) is 2. The van der Waals surface area contributed by atoms with Crippen LogP contribution in [0.5, 0.6) is 0 Å². The van der Waals surface area contributed by atoms with Crippen molar-refractivity contribution in [2.45, 2.75) is 26.2 Å². The van der Waals surface area contributed by atoms with Crippen molar-refractivity contribution in [2.24, 2.45) is 11.7 Å². The van der Waals surface area contributed by atoms with E-state index in [2.05, 4.69) is 12.2 Å². The summed E-state index contributed by atoms with van der Waals surface area (Å²) in [7, 11) is 0. The summed E-state index contributed by atoms with van der Waals surface area (Å²) < 4.78 is 0. The Bertz CT molecular complexity index is 760. The van der Waals surface area contributed by atoms with Crippen LogP contribution in [0, 0.1) is 5.92 Å². The van der Waals surface area contributed by atoms with Crippen LogP contribution < -0.4 is 11.1 Å². The van der Waals surface area contributed by atoms with Gasteiger partial charge in [-0.25, -0.2) is 0 Å². The second kappa shape index (κ2) is 6.68. The quantitative estimate of drug-likeness (QED) is 0.829. The topological polar surface area (TPSA) is 72.2 Å². The number of nitrogens with two attached hydrogens (primary N) is 1. The highest BCUT2D eigenvalue weighted by molar-refractivity contribution is 7.17. The van der Waals surface area contributed by atoms with Gasteiger partial charge in [-0.1, -0.05) is 13.0 Å². The number of hydrogen-bond acceptors (Lipinski definition) is 4. The normalized spacial score (nSPS) is 17.2. The van der Waals surface area contributed by atoms with Crippen LogP contribution in [0.2, 0.25) is 0 Å². The standard InChI is InChI=1S/C17H18N2O2S2/c1-10-4-6-12-13(9-10)23-17(15(12)16(18)21)19-14(20)7-5-11-3-2-8-22-11/h2-3,5,7-8,10H,4,6,9H2,1H3,(H2,18,21)(H,19,20)/b7-5+/t10-/m1/s1. The fraction of sp³-hybridized carbons (Fsp3) is 0.294. The Labute approximate surface area is 143 Å². The number of nitrogens with one attached hydrogen (secondary N) is 1. The second-order valence-electron chi connectivity index (χ2n) is 5.76. The molecule has 0 aromatic carbocycles. The van der Waals surface area contributed by atoms with Crippen LogP contribution in [-0.4, -0.2) is 11.8 Å². The average molecular weight is 346 g/mol. The minimum absolute atomic E-state index is 0.243. The van der Waals surface area contributed by atoms with Crippen molar-refractivity contribution in [3.63, 3.8) is 0 Å². The first kappa shape index (κ1) is 16.0. The number of anilines is 1. The molecular formula is C17H18N2O2S2. The summed E-state index contributed by atoms with van der Waals surface area (Å²) in [5.41, 5.74) is 7.07. The van der Waals surface area contributed by atoms with Gasteiger partial charge in [0.2, 0.25) is 5.91 Å². The van der Waals surface area contributed by atoms with E-state index in [1.807, 2.05) is 17.5 Å². The zero-order chi connectivity index (χ0) is 16.4. The molecule has 23 heavy (non-hydrogen) atoms. The summed E-state index contributed by atoms with van der Waals surface area (Å²) in [5.74, 6) is -0.105. The zero-order valence-corrected chi connectivity index (χ0v) is 14.4. The summed E-state index contributed by atoms with van der Waals surface area (Å²) in [6.07, 6.45) is 6.10. The molecule has 2 heterocycles. The SMILES string of the molecule is C[C@@H]1CCc2c(sc(NC(=O)/C=C/c3cccs3)c2C(N)=O)C1. The van der Waals surface area contributed by atoms with Gasteiger partial charge >= 0.3 is 0 Å². The third-order valence-electron chi connectivity index (χ3n) is 3.94. The monoisotopic (exact) mass is 346 g/mol. The molecule has 3 rings (SSSR count). The maximum atomic E-state index is 12.1. The van der Waals surface area contributed by atoms with E-state index >= 15 is 0 Å². The molecule has 3 N–H and O–H groups in total. The molecule has 6 heteroatoms. The molecule has 1 aliphatic carbocycles. The number of fused-ring (bicyclic) bond motifs is 1. The molecule has 4 nitrogen and oxygen atoms in total. The van der Waals surface area contributed by atoms with E-state index in [1.165, 1.54) is 22.3 Å². The highest BCUT2D eigenvalue weighted by Gasteiger charge is 2.26. The van der Waals surface area contributed by atoms with Crippen molar-refractivity contribution in [1.29, 1.82) is 0 Å². The Kier molecular flexibility index (Phi) is 4.63. The van der Waals surface area contributed by atoms with Gasteiger partial charge in [-0.2, -0.15) is 0 Å². The molecule has 1 atom stereocenters. The van der Waals surface area contributed by atoms with E-state index in [1.54, 1.807) is 17.4 Å². The minimum atomic E-state index is -0.463. The summed E-state index contributed by atoms with van der Waals surface area (Å²) in [6, 6.07) is 3.87. The summed E-state index contributed by atoms with van der Waals surface area (Å²) in [5, 5.41) is 5.36. The Morgan fingerprint density at radius 1 is 1.43 bits per heavy atom. The molecule has 2 amide bonds. The van der Waals surface area contributed by atoms with E-state index in [-0.39, 0.29) is 5.91 Å². The van der Waals surface area contributed by atoms with E-state index in [0.29, 0.717) is 16.5 Å². The highest BCUT2D eigenvalue weighted by Crippen LogP contribution is 2.39. The van der Waals surface area contributed by atoms with Crippen LogP contribution in [-0.2, 0) is 17.6 Å². The number of carbonyl (C=O) groups excluding carboxylic acids is 2. The van der Waals surface area contributed by atoms with Gasteiger partial charge in [0.1, 0.15) is 5.00 Å². The summed E-state index contributed by atoms with van der Waals surface area (Å²) >= 11 is 3.04. The molecule has 120 valence electrons. The number of amides is 2. The summed E-state index contributed by atoms with van der Waals surface area (Å²) in [6.45, 7) is 2.20. The molecule has 0 aliphatic heterocycles. The minimum Gasteiger partial charge on any atom is -0.365 e. The van der Waals surface area contributed by atoms with Gasteiger partial charge in [0.25, 0.3) is 5.91 Å². The molecule has 0 saturated heterocycles. The van der Waals surface area contributed by atoms with E-state index in [9.17, 15) is 9.59 Å². The summed E-state index contributed by atoms with van der Waals surface area (Å²) in [4.78, 5) is 26.1. The average Bonchev–Trinajstić information content (AvgIpc) is 3.11. The number of rotatable bonds is 4. The van der Waals surface area contributed by atoms with E-state index in [0.717, 1.165) is 29.7 Å². The van der Waals surface area contributed by atoms with E-state index in [4.69, 9.17) is 5.73 Å². The van der Waals surface area contributed by atoms with Crippen molar-refractivity contribution in [3.05, 3.63) is 44.5 Å². The first-order chi connectivity index (χ1) is 11.0. The number of primary amides is 1. The van der Waals surface area contributed by atoms with Gasteiger partial charge < -0.3 is 11.1 Å². The molecule has 0 unspecified atom stereocenters. The zero-order valence-electron chi connectivity index (χ0n) is 12.8. The van der Waals surface area contributed by atoms with Crippen LogP contribution in [0.25, 0.3) is 6.08 Å². The molecule has 2 aromatic heterocycles. The largest absolute Gasteiger partial charge is 0.365 e. The lowest BCUT2D eigenvalue weighted by Crippen LogP contribution is -2.18. The first-order valence-electron chi connectivity index (χ1n) is 7.51. The van der Waals surface area contributed by atoms with Crippen molar-refractivity contribution in [3.8, 4) is 0 Å². The van der Waals surface area contributed by atoms with Crippen molar-refractivity contribution in [2.75, 3.05) is 5.32 Å². The number of thiophene rings is 2. The molecule has 0 radical (unpaired) electrons. The van der Waals surface area contributed by atoms with Gasteiger partial charge in [0, 0.05) is 15.8 Å². The Balaban J connectivity index is 1.82. The second-order valence-corrected chi connectivity index (χ2v) is 7.84. The van der Waals surface area contributed by atoms with Crippen LogP contribution in [0.4, 0.5) is 5.00 Å². The predicted octanol–water partition coefficient (Wildman–Crippen LogP) is 3.69. The van der Waals surface area contributed by atoms with Crippen LogP contribution >= 0.6 is 22.7 Å². The molecule has 0 fully saturated rings. The van der Waals surface area contributed by atoms with Gasteiger partial charge in [-0.15, -0.1) is 22.7 Å². The van der Waals surface area contributed by atoms with Gasteiger partial charge in [-0.05, 0) is 48.3 Å². The lowest BCUT2D eigenvalue weighted by Gasteiger charge is -2.18. The third kappa shape index (κ3) is 3.54. The maximum Gasteiger partial charge on any atom is 0.251 e. The molecule has 0 bridgehead atoms. The molecule has 1 aliphatic rings. The van der Waals surface area contributed by atoms with Crippen LogP contribution in [0.3, 0.4) is 0 Å². The highest BCUT2D eigenvalue weighted by atomic mass is 32.1. The third-order valence-corrected chi connectivity index (χ3v) is 5.94. The van der Waals surface area contributed by atoms with E-state index < -0.39 is 5.91 Å². The fourth-order valence-corrected chi connectivity index (χ4v) is 4.83. The first-order valence-corrected chi connectivity index (χ1v) is 9.21. The lowest BCUT2D eigenvalue weighted by atomic mass is 9.88. The van der Waals surface area contributed by atoms with Crippen LogP contribution in [0.1, 0.15) is 39.0 Å². The molecule has 2 aromatic rings. The van der Waals surface area contributed by atoms with Crippen molar-refractivity contribution in [1.82, 2.24) is 0 Å². The van der Waals surface area contributed by atoms with Gasteiger partial charge in [0.15, 0.2) is 0 Å². The Morgan fingerprint density at radius 3 is 2.96 bits per heavy atom. The van der Waals surface area contributed by atoms with Gasteiger partial charge in [-0.3, -0.25) is 9.59 Å². The van der Waals surface area contributed by atoms with Gasteiger partial charge in [0.05, 0.1) is 5.56 Å². The smallest absolute Gasteiger partial charge is 0.251 e. The van der Waals surface area contributed by atoms with Crippen molar-refractivity contribution >= 4 is 45.6 Å². The van der Waals surface area contributed by atoms with Crippen LogP contribution in [0.15, 0.2) is 23.6 Å². The Hall–Kier alpha value is -1.92. The molecule has 0 spiro atoms. The lowest BCUT2D eigenvalue weighted by molar-refractivity contribution is -0.111. The molecule has 0 saturated carbocycles. The van der Waals surface area contributed by atoms with Crippen molar-refractivity contribution < 1.29 is 9.59 Å². The maximum absolute atomic E-state index is 12.1. The molecular weight excluding hydrogens is 328 g/mol. The number of carbonyl (C=O) groups is 2. The Morgan fingerprint density at radius 2 is 2.26 bits per heavy atom.